The first kappa shape index (κ1) is 17.9. The van der Waals surface area contributed by atoms with Crippen LogP contribution in [0, 0.1) is 0 Å². The van der Waals surface area contributed by atoms with Gasteiger partial charge in [-0.25, -0.2) is 0 Å². The lowest BCUT2D eigenvalue weighted by Crippen LogP contribution is -2.46. The second-order valence-corrected chi connectivity index (χ2v) is 5.18. The van der Waals surface area contributed by atoms with E-state index in [1.807, 2.05) is 31.2 Å². The van der Waals surface area contributed by atoms with Gasteiger partial charge < -0.3 is 10.6 Å². The maximum absolute atomic E-state index is 12.1. The predicted octanol–water partition coefficient (Wildman–Crippen LogP) is 1.81. The largest absolute Gasteiger partial charge is 0.351 e. The molecule has 0 saturated carbocycles. The monoisotopic (exact) mass is 303 g/mol. The van der Waals surface area contributed by atoms with Crippen molar-refractivity contribution in [2.75, 3.05) is 25.5 Å². The topological polar surface area (TPSA) is 61.4 Å². The van der Waals surface area contributed by atoms with Crippen LogP contribution in [-0.2, 0) is 16.0 Å². The molecule has 1 aromatic rings. The molecule has 0 saturated heterocycles. The molecule has 0 aromatic heterocycles. The summed E-state index contributed by atoms with van der Waals surface area (Å²) in [7, 11) is 1.75. The van der Waals surface area contributed by atoms with Crippen LogP contribution in [0.5, 0.6) is 0 Å². The lowest BCUT2D eigenvalue weighted by atomic mass is 10.1. The van der Waals surface area contributed by atoms with Gasteiger partial charge in [-0.3, -0.25) is 14.5 Å². The SMILES string of the molecule is C=CCNC(=O)C(C)N(C)CC(=O)Nc1ccccc1CC. The van der Waals surface area contributed by atoms with Gasteiger partial charge in [0.25, 0.3) is 0 Å². The Balaban J connectivity index is 2.56. The molecular weight excluding hydrogens is 278 g/mol. The highest BCUT2D eigenvalue weighted by Crippen LogP contribution is 2.15. The van der Waals surface area contributed by atoms with Gasteiger partial charge in [0.1, 0.15) is 0 Å². The average molecular weight is 303 g/mol. The molecular formula is C17H25N3O2. The second kappa shape index (κ2) is 9.00. The Morgan fingerprint density at radius 1 is 1.36 bits per heavy atom. The molecule has 1 aromatic carbocycles. The number of hydrogen-bond acceptors (Lipinski definition) is 3. The fourth-order valence-corrected chi connectivity index (χ4v) is 2.02. The highest BCUT2D eigenvalue weighted by Gasteiger charge is 2.19. The first-order valence-electron chi connectivity index (χ1n) is 7.46. The van der Waals surface area contributed by atoms with Gasteiger partial charge in [0, 0.05) is 12.2 Å². The van der Waals surface area contributed by atoms with Gasteiger partial charge in [0.05, 0.1) is 12.6 Å². The van der Waals surface area contributed by atoms with Crippen LogP contribution >= 0.6 is 0 Å². The maximum atomic E-state index is 12.1. The summed E-state index contributed by atoms with van der Waals surface area (Å²) in [4.78, 5) is 25.7. The van der Waals surface area contributed by atoms with E-state index in [2.05, 4.69) is 17.2 Å². The smallest absolute Gasteiger partial charge is 0.238 e. The van der Waals surface area contributed by atoms with Crippen molar-refractivity contribution in [2.24, 2.45) is 0 Å². The number of benzene rings is 1. The van der Waals surface area contributed by atoms with Gasteiger partial charge in [0.2, 0.25) is 11.8 Å². The van der Waals surface area contributed by atoms with Crippen LogP contribution in [0.25, 0.3) is 0 Å². The Hall–Kier alpha value is -2.14. The van der Waals surface area contributed by atoms with Crippen molar-refractivity contribution in [3.63, 3.8) is 0 Å². The van der Waals surface area contributed by atoms with Gasteiger partial charge in [-0.2, -0.15) is 0 Å². The van der Waals surface area contributed by atoms with E-state index >= 15 is 0 Å². The minimum atomic E-state index is -0.382. The zero-order valence-electron chi connectivity index (χ0n) is 13.6. The molecule has 2 N–H and O–H groups in total. The molecule has 0 aliphatic rings. The first-order valence-corrected chi connectivity index (χ1v) is 7.46. The van der Waals surface area contributed by atoms with Crippen LogP contribution in [0.1, 0.15) is 19.4 Å². The molecule has 0 heterocycles. The van der Waals surface area contributed by atoms with Crippen LogP contribution in [-0.4, -0.2) is 42.9 Å². The summed E-state index contributed by atoms with van der Waals surface area (Å²) < 4.78 is 0. The molecule has 22 heavy (non-hydrogen) atoms. The van der Waals surface area contributed by atoms with Crippen molar-refractivity contribution in [1.82, 2.24) is 10.2 Å². The number of hydrogen-bond donors (Lipinski definition) is 2. The summed E-state index contributed by atoms with van der Waals surface area (Å²) >= 11 is 0. The fourth-order valence-electron chi connectivity index (χ4n) is 2.02. The summed E-state index contributed by atoms with van der Waals surface area (Å²) in [5.41, 5.74) is 1.92. The van der Waals surface area contributed by atoms with Crippen LogP contribution in [0.4, 0.5) is 5.69 Å². The zero-order valence-corrected chi connectivity index (χ0v) is 13.6. The van der Waals surface area contributed by atoms with Gasteiger partial charge in [-0.05, 0) is 32.0 Å². The molecule has 0 aliphatic heterocycles. The molecule has 1 atom stereocenters. The maximum Gasteiger partial charge on any atom is 0.238 e. The van der Waals surface area contributed by atoms with Crippen LogP contribution in [0.2, 0.25) is 0 Å². The van der Waals surface area contributed by atoms with Crippen molar-refractivity contribution >= 4 is 17.5 Å². The van der Waals surface area contributed by atoms with E-state index in [-0.39, 0.29) is 24.4 Å². The van der Waals surface area contributed by atoms with E-state index in [0.717, 1.165) is 17.7 Å². The minimum Gasteiger partial charge on any atom is -0.351 e. The van der Waals surface area contributed by atoms with Gasteiger partial charge >= 0.3 is 0 Å². The normalized spacial score (nSPS) is 11.8. The Bertz CT molecular complexity index is 528. The molecule has 0 radical (unpaired) electrons. The molecule has 0 aliphatic carbocycles. The predicted molar refractivity (Wildman–Crippen MR) is 89.7 cm³/mol. The van der Waals surface area contributed by atoms with Crippen molar-refractivity contribution in [3.05, 3.63) is 42.5 Å². The van der Waals surface area contributed by atoms with Gasteiger partial charge in [-0.1, -0.05) is 31.2 Å². The lowest BCUT2D eigenvalue weighted by Gasteiger charge is -2.23. The van der Waals surface area contributed by atoms with Gasteiger partial charge in [-0.15, -0.1) is 6.58 Å². The average Bonchev–Trinajstić information content (AvgIpc) is 2.52. The number of anilines is 1. The summed E-state index contributed by atoms with van der Waals surface area (Å²) in [6.45, 7) is 7.95. The Labute approximate surface area is 132 Å². The van der Waals surface area contributed by atoms with Crippen LogP contribution in [0.15, 0.2) is 36.9 Å². The molecule has 0 spiro atoms. The summed E-state index contributed by atoms with van der Waals surface area (Å²) in [5.74, 6) is -0.254. The van der Waals surface area contributed by atoms with E-state index in [1.165, 1.54) is 0 Å². The number of nitrogens with zero attached hydrogens (tertiary/aromatic N) is 1. The van der Waals surface area contributed by atoms with E-state index in [9.17, 15) is 9.59 Å². The second-order valence-electron chi connectivity index (χ2n) is 5.18. The number of aryl methyl sites for hydroxylation is 1. The molecule has 5 heteroatoms. The van der Waals surface area contributed by atoms with E-state index in [1.54, 1.807) is 24.9 Å². The highest BCUT2D eigenvalue weighted by molar-refractivity contribution is 5.93. The van der Waals surface area contributed by atoms with Crippen LogP contribution in [0.3, 0.4) is 0 Å². The summed E-state index contributed by atoms with van der Waals surface area (Å²) in [5, 5.41) is 5.62. The number of para-hydroxylation sites is 1. The Morgan fingerprint density at radius 3 is 2.68 bits per heavy atom. The highest BCUT2D eigenvalue weighted by atomic mass is 16.2. The standard InChI is InChI=1S/C17H25N3O2/c1-5-11-18-17(22)13(3)20(4)12-16(21)19-15-10-8-7-9-14(15)6-2/h5,7-10,13H,1,6,11-12H2,2-4H3,(H,18,22)(H,19,21). The quantitative estimate of drug-likeness (QED) is 0.720. The molecule has 1 unspecified atom stereocenters. The number of amides is 2. The number of carbonyl (C=O) groups excluding carboxylic acids is 2. The lowest BCUT2D eigenvalue weighted by molar-refractivity contribution is -0.126. The third-order valence-electron chi connectivity index (χ3n) is 3.53. The summed E-state index contributed by atoms with van der Waals surface area (Å²) in [6.07, 6.45) is 2.48. The van der Waals surface area contributed by atoms with Crippen molar-refractivity contribution < 1.29 is 9.59 Å². The minimum absolute atomic E-state index is 0.121. The fraction of sp³-hybridized carbons (Fsp3) is 0.412. The van der Waals surface area contributed by atoms with Crippen molar-refractivity contribution in [2.45, 2.75) is 26.3 Å². The third-order valence-corrected chi connectivity index (χ3v) is 3.53. The number of likely N-dealkylation sites (N-methyl/N-ethyl adjacent to an activating group) is 1. The molecule has 2 amide bonds. The number of nitrogens with one attached hydrogen (secondary N) is 2. The Morgan fingerprint density at radius 2 is 2.05 bits per heavy atom. The van der Waals surface area contributed by atoms with E-state index in [0.29, 0.717) is 6.54 Å². The zero-order chi connectivity index (χ0) is 16.5. The third kappa shape index (κ3) is 5.33. The Kier molecular flexibility index (Phi) is 7.32. The van der Waals surface area contributed by atoms with E-state index < -0.39 is 0 Å². The molecule has 0 bridgehead atoms. The summed E-state index contributed by atoms with van der Waals surface area (Å²) in [6, 6.07) is 7.34. The molecule has 0 fully saturated rings. The van der Waals surface area contributed by atoms with Crippen molar-refractivity contribution in [3.8, 4) is 0 Å². The van der Waals surface area contributed by atoms with Crippen molar-refractivity contribution in [1.29, 1.82) is 0 Å². The van der Waals surface area contributed by atoms with E-state index in [4.69, 9.17) is 0 Å². The molecule has 1 rings (SSSR count). The van der Waals surface area contributed by atoms with Crippen LogP contribution < -0.4 is 10.6 Å². The molecule has 120 valence electrons. The number of rotatable bonds is 8. The van der Waals surface area contributed by atoms with Gasteiger partial charge in [0.15, 0.2) is 0 Å². The molecule has 5 nitrogen and oxygen atoms in total. The number of carbonyl (C=O) groups is 2. The first-order chi connectivity index (χ1) is 10.5.